The van der Waals surface area contributed by atoms with E-state index in [-0.39, 0.29) is 22.6 Å². The van der Waals surface area contributed by atoms with E-state index in [0.29, 0.717) is 11.5 Å². The molecule has 1 amide bonds. The number of carbonyl (C=O) groups is 1. The lowest BCUT2D eigenvalue weighted by Crippen LogP contribution is -2.18. The van der Waals surface area contributed by atoms with Crippen LogP contribution < -0.4 is 10.2 Å². The minimum Gasteiger partial charge on any atom is -0.372 e. The molecule has 4 aromatic rings. The van der Waals surface area contributed by atoms with Crippen LogP contribution in [-0.2, 0) is 0 Å². The van der Waals surface area contributed by atoms with Crippen molar-refractivity contribution in [3.05, 3.63) is 81.0 Å². The third kappa shape index (κ3) is 3.91. The molecule has 0 bridgehead atoms. The largest absolute Gasteiger partial charge is 0.372 e. The highest BCUT2D eigenvalue weighted by Gasteiger charge is 2.22. The fourth-order valence-electron chi connectivity index (χ4n) is 3.75. The number of pyridine rings is 1. The molecular weight excluding hydrogens is 434 g/mol. The molecule has 2 aromatic heterocycles. The van der Waals surface area contributed by atoms with Crippen molar-refractivity contribution in [2.75, 3.05) is 24.3 Å². The predicted molar refractivity (Wildman–Crippen MR) is 128 cm³/mol. The molecule has 1 N–H and O–H groups in total. The highest BCUT2D eigenvalue weighted by atomic mass is 16.6. The Morgan fingerprint density at radius 1 is 1.18 bits per heavy atom. The molecule has 2 aromatic carbocycles. The number of aryl methyl sites for hydroxylation is 2. The Kier molecular flexibility index (Phi) is 5.69. The zero-order valence-electron chi connectivity index (χ0n) is 19.0. The summed E-state index contributed by atoms with van der Waals surface area (Å²) in [6.07, 6.45) is 1.34. The van der Waals surface area contributed by atoms with Crippen molar-refractivity contribution >= 4 is 34.0 Å². The molecule has 4 rings (SSSR count). The molecule has 0 atom stereocenters. The van der Waals surface area contributed by atoms with Gasteiger partial charge in [-0.15, -0.1) is 0 Å². The van der Waals surface area contributed by atoms with E-state index in [1.165, 1.54) is 29.1 Å². The van der Waals surface area contributed by atoms with Crippen LogP contribution in [-0.4, -0.2) is 39.7 Å². The summed E-state index contributed by atoms with van der Waals surface area (Å²) in [7, 11) is 3.36. The van der Waals surface area contributed by atoms with Crippen molar-refractivity contribution in [2.24, 2.45) is 0 Å². The summed E-state index contributed by atoms with van der Waals surface area (Å²) in [5.74, 6) is -0.0444. The molecule has 0 unspecified atom stereocenters. The molecule has 0 radical (unpaired) electrons. The number of nitro groups is 1. The number of amides is 1. The van der Waals surface area contributed by atoms with E-state index >= 15 is 0 Å². The molecule has 0 aliphatic rings. The lowest BCUT2D eigenvalue weighted by atomic mass is 10.1. The Hall–Kier alpha value is -4.78. The number of hydrogen-bond acceptors (Lipinski definition) is 7. The Labute approximate surface area is 195 Å². The van der Waals surface area contributed by atoms with Crippen LogP contribution in [0.5, 0.6) is 0 Å². The van der Waals surface area contributed by atoms with Gasteiger partial charge in [0.2, 0.25) is 0 Å². The van der Waals surface area contributed by atoms with Crippen molar-refractivity contribution in [3.63, 3.8) is 0 Å². The monoisotopic (exact) mass is 455 g/mol. The second-order valence-corrected chi connectivity index (χ2v) is 8.01. The van der Waals surface area contributed by atoms with E-state index in [9.17, 15) is 20.2 Å². The number of carbonyl (C=O) groups excluding carboxylic acids is 1. The first-order valence-electron chi connectivity index (χ1n) is 10.3. The van der Waals surface area contributed by atoms with E-state index in [1.54, 1.807) is 19.0 Å². The molecule has 10 nitrogen and oxygen atoms in total. The number of hydrogen-bond donors (Lipinski definition) is 1. The van der Waals surface area contributed by atoms with Crippen LogP contribution in [0.25, 0.3) is 16.7 Å². The normalized spacial score (nSPS) is 10.7. The molecule has 0 saturated carbocycles. The first-order chi connectivity index (χ1) is 16.2. The van der Waals surface area contributed by atoms with Gasteiger partial charge in [-0.2, -0.15) is 15.0 Å². The number of nitriles is 1. The molecule has 170 valence electrons. The van der Waals surface area contributed by atoms with Gasteiger partial charge in [0.15, 0.2) is 11.6 Å². The van der Waals surface area contributed by atoms with Crippen LogP contribution >= 0.6 is 0 Å². The maximum atomic E-state index is 13.0. The topological polar surface area (TPSA) is 130 Å². The van der Waals surface area contributed by atoms with Gasteiger partial charge in [0.05, 0.1) is 16.6 Å². The number of aromatic nitrogens is 3. The third-order valence-electron chi connectivity index (χ3n) is 5.49. The molecule has 0 aliphatic heterocycles. The summed E-state index contributed by atoms with van der Waals surface area (Å²) in [5.41, 5.74) is 3.12. The quantitative estimate of drug-likeness (QED) is 0.354. The van der Waals surface area contributed by atoms with Crippen molar-refractivity contribution in [1.82, 2.24) is 14.8 Å². The number of nitrogens with zero attached hydrogens (tertiary/aromatic N) is 6. The van der Waals surface area contributed by atoms with Gasteiger partial charge in [-0.3, -0.25) is 14.9 Å². The zero-order valence-corrected chi connectivity index (χ0v) is 19.0. The van der Waals surface area contributed by atoms with Gasteiger partial charge >= 0.3 is 0 Å². The summed E-state index contributed by atoms with van der Waals surface area (Å²) >= 11 is 0. The summed E-state index contributed by atoms with van der Waals surface area (Å²) in [6, 6.07) is 13.9. The molecule has 2 heterocycles. The lowest BCUT2D eigenvalue weighted by Gasteiger charge is -2.14. The van der Waals surface area contributed by atoms with E-state index in [1.807, 2.05) is 44.2 Å². The fourth-order valence-corrected chi connectivity index (χ4v) is 3.75. The molecular formula is C24H21N7O3. The van der Waals surface area contributed by atoms with Crippen molar-refractivity contribution < 1.29 is 9.72 Å². The average molecular weight is 455 g/mol. The smallest absolute Gasteiger partial charge is 0.293 e. The van der Waals surface area contributed by atoms with Crippen LogP contribution in [0.1, 0.15) is 27.0 Å². The van der Waals surface area contributed by atoms with E-state index in [4.69, 9.17) is 4.98 Å². The highest BCUT2D eigenvalue weighted by Crippen LogP contribution is 2.29. The van der Waals surface area contributed by atoms with Crippen LogP contribution in [0.2, 0.25) is 0 Å². The number of fused-ring (bicyclic) bond motifs is 1. The average Bonchev–Trinajstić information content (AvgIpc) is 3.21. The van der Waals surface area contributed by atoms with Gasteiger partial charge in [0, 0.05) is 31.1 Å². The van der Waals surface area contributed by atoms with Crippen molar-refractivity contribution in [2.45, 2.75) is 13.8 Å². The number of benzene rings is 2. The first-order valence-corrected chi connectivity index (χ1v) is 10.3. The van der Waals surface area contributed by atoms with Gasteiger partial charge in [-0.05, 0) is 43.2 Å². The molecule has 10 heteroatoms. The molecule has 0 spiro atoms. The third-order valence-corrected chi connectivity index (χ3v) is 5.49. The maximum absolute atomic E-state index is 13.0. The zero-order chi connectivity index (χ0) is 24.6. The summed E-state index contributed by atoms with van der Waals surface area (Å²) in [5, 5.41) is 29.0. The molecule has 0 fully saturated rings. The Balaban J connectivity index is 1.78. The molecule has 0 aliphatic carbocycles. The van der Waals surface area contributed by atoms with Crippen LogP contribution in [0.15, 0.2) is 48.7 Å². The standard InChI is InChI=1S/C24H21N7O3/c1-14-6-5-7-18-15(2)10-21(27-22(14)18)30-23(17(12-25)13-26-30)28-24(32)16-8-9-19(29(3)4)20(11-16)31(33)34/h5-11,13H,1-4H3,(H,28,32). The molecule has 34 heavy (non-hydrogen) atoms. The fraction of sp³-hybridized carbons (Fsp3) is 0.167. The van der Waals surface area contributed by atoms with Gasteiger partial charge in [0.1, 0.15) is 17.3 Å². The number of nitrogens with one attached hydrogen (secondary N) is 1. The number of rotatable bonds is 5. The van der Waals surface area contributed by atoms with Gasteiger partial charge in [-0.1, -0.05) is 18.2 Å². The van der Waals surface area contributed by atoms with Gasteiger partial charge in [0.25, 0.3) is 11.6 Å². The lowest BCUT2D eigenvalue weighted by molar-refractivity contribution is -0.384. The highest BCUT2D eigenvalue weighted by molar-refractivity contribution is 6.05. The van der Waals surface area contributed by atoms with E-state index in [2.05, 4.69) is 10.4 Å². The van der Waals surface area contributed by atoms with Crippen LogP contribution in [0.4, 0.5) is 17.2 Å². The number of para-hydroxylation sites is 1. The summed E-state index contributed by atoms with van der Waals surface area (Å²) in [6.45, 7) is 3.90. The summed E-state index contributed by atoms with van der Waals surface area (Å²) < 4.78 is 1.39. The minimum absolute atomic E-state index is 0.0763. The first kappa shape index (κ1) is 22.4. The van der Waals surface area contributed by atoms with Crippen molar-refractivity contribution in [3.8, 4) is 11.9 Å². The number of anilines is 2. The van der Waals surface area contributed by atoms with E-state index in [0.717, 1.165) is 22.0 Å². The Morgan fingerprint density at radius 2 is 1.94 bits per heavy atom. The van der Waals surface area contributed by atoms with Crippen LogP contribution in [0.3, 0.4) is 0 Å². The maximum Gasteiger partial charge on any atom is 0.293 e. The summed E-state index contributed by atoms with van der Waals surface area (Å²) in [4.78, 5) is 30.3. The molecule has 0 saturated heterocycles. The second-order valence-electron chi connectivity index (χ2n) is 8.01. The number of nitro benzene ring substituents is 1. The Morgan fingerprint density at radius 3 is 2.62 bits per heavy atom. The second kappa shape index (κ2) is 8.63. The van der Waals surface area contributed by atoms with Crippen LogP contribution in [0, 0.1) is 35.3 Å². The SMILES string of the molecule is Cc1cc(-n2ncc(C#N)c2NC(=O)c2ccc(N(C)C)c([N+](=O)[O-])c2)nc2c(C)cccc12. The van der Waals surface area contributed by atoms with Gasteiger partial charge in [-0.25, -0.2) is 4.98 Å². The Bertz CT molecular complexity index is 1500. The van der Waals surface area contributed by atoms with Crippen molar-refractivity contribution in [1.29, 1.82) is 5.26 Å². The van der Waals surface area contributed by atoms with Gasteiger partial charge < -0.3 is 10.2 Å². The minimum atomic E-state index is -0.611. The predicted octanol–water partition coefficient (Wildman–Crippen LogP) is 4.14. The van der Waals surface area contributed by atoms with E-state index < -0.39 is 10.8 Å².